The molecular weight excluding hydrogens is 340 g/mol. The minimum absolute atomic E-state index is 0.0110. The zero-order chi connectivity index (χ0) is 18.9. The molecule has 0 radical (unpaired) electrons. The first-order valence-corrected chi connectivity index (χ1v) is 9.27. The smallest absolute Gasteiger partial charge is 0.315 e. The fraction of sp³-hybridized carbons (Fsp3) is 0.789. The Morgan fingerprint density at radius 1 is 1.31 bits per heavy atom. The molecule has 4 saturated carbocycles. The number of esters is 1. The average molecular weight is 364 g/mol. The Hall–Kier alpha value is -1.44. The third-order valence-electron chi connectivity index (χ3n) is 8.63. The first-order chi connectivity index (χ1) is 12.0. The number of aliphatic carboxylic acids is 1. The first kappa shape index (κ1) is 16.7. The molecule has 1 heterocycles. The average Bonchev–Trinajstić information content (AvgIpc) is 2.98. The fourth-order valence-corrected chi connectivity index (χ4v) is 7.62. The molecule has 5 fully saturated rings. The summed E-state index contributed by atoms with van der Waals surface area (Å²) in [5.41, 5.74) is -3.95. The highest BCUT2D eigenvalue weighted by Gasteiger charge is 2.86. The van der Waals surface area contributed by atoms with Gasteiger partial charge in [-0.1, -0.05) is 6.58 Å². The van der Waals surface area contributed by atoms with Crippen molar-refractivity contribution in [2.24, 2.45) is 28.6 Å². The summed E-state index contributed by atoms with van der Waals surface area (Å²) < 4.78 is 5.82. The van der Waals surface area contributed by atoms with Gasteiger partial charge in [-0.2, -0.15) is 0 Å². The van der Waals surface area contributed by atoms with E-state index in [4.69, 9.17) is 4.74 Å². The lowest BCUT2D eigenvalue weighted by Gasteiger charge is -2.48. The number of ether oxygens (including phenoxy) is 1. The molecule has 4 bridgehead atoms. The predicted molar refractivity (Wildman–Crippen MR) is 86.7 cm³/mol. The minimum atomic E-state index is -1.36. The number of hydrogen-bond acceptors (Lipinski definition) is 6. The summed E-state index contributed by atoms with van der Waals surface area (Å²) in [5, 5.41) is 42.7. The van der Waals surface area contributed by atoms with Gasteiger partial charge < -0.3 is 25.2 Å². The van der Waals surface area contributed by atoms with E-state index in [1.165, 1.54) is 0 Å². The van der Waals surface area contributed by atoms with Gasteiger partial charge in [0.1, 0.15) is 5.60 Å². The van der Waals surface area contributed by atoms with Gasteiger partial charge in [-0.3, -0.25) is 9.59 Å². The Balaban J connectivity index is 1.79. The number of hydrogen-bond donors (Lipinski definition) is 4. The zero-order valence-corrected chi connectivity index (χ0v) is 14.6. The largest absolute Gasteiger partial charge is 0.481 e. The number of carboxylic acids is 1. The van der Waals surface area contributed by atoms with Crippen molar-refractivity contribution in [2.75, 3.05) is 0 Å². The van der Waals surface area contributed by atoms with E-state index in [0.717, 1.165) is 0 Å². The van der Waals surface area contributed by atoms with Crippen molar-refractivity contribution in [3.05, 3.63) is 12.2 Å². The van der Waals surface area contributed by atoms with Crippen LogP contribution in [-0.4, -0.2) is 55.8 Å². The third-order valence-corrected chi connectivity index (χ3v) is 8.63. The second kappa shape index (κ2) is 4.34. The standard InChI is InChI=1S/C19H24O7/c1-8-6-17-7-18(8,25)4-3-9(17)19-11(21)5-10(20)16(2,15(24)26-19)13(19)12(17)14(22)23/h9-13,20-21,25H,1,3-7H2,2H3,(H,22,23)/t9-,10+,11-,12-,13-,16-,17+,18+,19+/m1/s1. The molecule has 1 saturated heterocycles. The number of fused-ring (bicyclic) bond motifs is 1. The molecule has 26 heavy (non-hydrogen) atoms. The summed E-state index contributed by atoms with van der Waals surface area (Å²) in [5.74, 6) is -3.86. The second-order valence-corrected chi connectivity index (χ2v) is 9.40. The highest BCUT2D eigenvalue weighted by atomic mass is 16.6. The highest BCUT2D eigenvalue weighted by Crippen LogP contribution is 2.78. The zero-order valence-electron chi connectivity index (χ0n) is 14.6. The van der Waals surface area contributed by atoms with E-state index in [1.807, 2.05) is 0 Å². The summed E-state index contributed by atoms with van der Waals surface area (Å²) >= 11 is 0. The molecule has 0 amide bonds. The molecule has 0 unspecified atom stereocenters. The van der Waals surface area contributed by atoms with E-state index in [-0.39, 0.29) is 18.8 Å². The van der Waals surface area contributed by atoms with Crippen LogP contribution in [-0.2, 0) is 14.3 Å². The summed E-state index contributed by atoms with van der Waals surface area (Å²) in [7, 11) is 0. The molecule has 0 aromatic heterocycles. The van der Waals surface area contributed by atoms with Crippen molar-refractivity contribution in [3.63, 3.8) is 0 Å². The van der Waals surface area contributed by atoms with Crippen molar-refractivity contribution in [3.8, 4) is 0 Å². The van der Waals surface area contributed by atoms with Crippen molar-refractivity contribution < 1.29 is 34.8 Å². The normalized spacial score (nSPS) is 59.8. The lowest BCUT2D eigenvalue weighted by Crippen LogP contribution is -2.60. The molecule has 0 aromatic rings. The number of aliphatic hydroxyl groups is 3. The number of carbonyl (C=O) groups is 2. The predicted octanol–water partition coefficient (Wildman–Crippen LogP) is 0.222. The molecule has 5 aliphatic rings. The van der Waals surface area contributed by atoms with Gasteiger partial charge in [-0.25, -0.2) is 0 Å². The van der Waals surface area contributed by atoms with E-state index in [9.17, 15) is 30.0 Å². The van der Waals surface area contributed by atoms with Gasteiger partial charge in [0.15, 0.2) is 0 Å². The quantitative estimate of drug-likeness (QED) is 0.388. The SMILES string of the molecule is C=C1C[C@]23C[C@@]1(O)CC[C@H]2[C@@]12OC(=O)[C@@](C)([C@H]1[C@@H]3C(=O)O)[C@@H](O)C[C@H]2O. The van der Waals surface area contributed by atoms with Crippen molar-refractivity contribution in [2.45, 2.75) is 62.4 Å². The summed E-state index contributed by atoms with van der Waals surface area (Å²) in [6, 6.07) is 0. The number of rotatable bonds is 1. The molecule has 7 heteroatoms. The Bertz CT molecular complexity index is 763. The Kier molecular flexibility index (Phi) is 2.79. The summed E-state index contributed by atoms with van der Waals surface area (Å²) in [4.78, 5) is 25.2. The van der Waals surface area contributed by atoms with Crippen LogP contribution in [0.15, 0.2) is 12.2 Å². The number of aliphatic hydroxyl groups excluding tert-OH is 2. The van der Waals surface area contributed by atoms with Gasteiger partial charge in [0, 0.05) is 18.3 Å². The van der Waals surface area contributed by atoms with Gasteiger partial charge in [0.2, 0.25) is 0 Å². The van der Waals surface area contributed by atoms with Crippen LogP contribution in [0.2, 0.25) is 0 Å². The molecule has 4 aliphatic carbocycles. The number of carbonyl (C=O) groups excluding carboxylic acids is 1. The van der Waals surface area contributed by atoms with Gasteiger partial charge in [-0.15, -0.1) is 0 Å². The molecular formula is C19H24O7. The van der Waals surface area contributed by atoms with E-state index in [0.29, 0.717) is 24.8 Å². The van der Waals surface area contributed by atoms with Crippen LogP contribution < -0.4 is 0 Å². The lowest BCUT2D eigenvalue weighted by molar-refractivity contribution is -0.180. The Labute approximate surface area is 150 Å². The Morgan fingerprint density at radius 3 is 2.65 bits per heavy atom. The Morgan fingerprint density at radius 2 is 2.00 bits per heavy atom. The molecule has 1 spiro atoms. The maximum Gasteiger partial charge on any atom is 0.315 e. The van der Waals surface area contributed by atoms with E-state index >= 15 is 0 Å². The van der Waals surface area contributed by atoms with Crippen LogP contribution in [0.3, 0.4) is 0 Å². The third kappa shape index (κ3) is 1.40. The van der Waals surface area contributed by atoms with Crippen LogP contribution in [0.1, 0.15) is 39.0 Å². The van der Waals surface area contributed by atoms with E-state index in [1.54, 1.807) is 6.92 Å². The maximum absolute atomic E-state index is 12.8. The van der Waals surface area contributed by atoms with Crippen molar-refractivity contribution in [1.82, 2.24) is 0 Å². The van der Waals surface area contributed by atoms with Crippen molar-refractivity contribution in [1.29, 1.82) is 0 Å². The first-order valence-electron chi connectivity index (χ1n) is 9.27. The van der Waals surface area contributed by atoms with E-state index in [2.05, 4.69) is 6.58 Å². The maximum atomic E-state index is 12.8. The second-order valence-electron chi connectivity index (χ2n) is 9.40. The molecule has 9 atom stereocenters. The summed E-state index contributed by atoms with van der Waals surface area (Å²) in [6.07, 6.45) is -0.798. The van der Waals surface area contributed by atoms with E-state index < -0.39 is 58.0 Å². The van der Waals surface area contributed by atoms with Gasteiger partial charge in [-0.05, 0) is 43.6 Å². The summed E-state index contributed by atoms with van der Waals surface area (Å²) in [6.45, 7) is 5.57. The fourth-order valence-electron chi connectivity index (χ4n) is 7.62. The monoisotopic (exact) mass is 364 g/mol. The lowest BCUT2D eigenvalue weighted by atomic mass is 9.58. The molecule has 7 nitrogen and oxygen atoms in total. The van der Waals surface area contributed by atoms with Crippen molar-refractivity contribution >= 4 is 11.9 Å². The van der Waals surface area contributed by atoms with Crippen LogP contribution >= 0.6 is 0 Å². The molecule has 4 N–H and O–H groups in total. The topological polar surface area (TPSA) is 124 Å². The van der Waals surface area contributed by atoms with Gasteiger partial charge in [0.25, 0.3) is 0 Å². The molecule has 5 rings (SSSR count). The number of carboxylic acid groups (broad SMARTS) is 1. The van der Waals surface area contributed by atoms with Crippen LogP contribution in [0.5, 0.6) is 0 Å². The van der Waals surface area contributed by atoms with Gasteiger partial charge >= 0.3 is 11.9 Å². The molecule has 142 valence electrons. The van der Waals surface area contributed by atoms with Crippen LogP contribution in [0.4, 0.5) is 0 Å². The molecule has 1 aliphatic heterocycles. The van der Waals surface area contributed by atoms with Gasteiger partial charge in [0.05, 0.1) is 29.1 Å². The molecule has 0 aromatic carbocycles. The minimum Gasteiger partial charge on any atom is -0.481 e. The highest BCUT2D eigenvalue weighted by molar-refractivity contribution is 5.85. The van der Waals surface area contributed by atoms with Crippen LogP contribution in [0.25, 0.3) is 0 Å². The van der Waals surface area contributed by atoms with Crippen LogP contribution in [0, 0.1) is 28.6 Å².